The number of aryl methyl sites for hydroxylation is 4. The number of nitrogens with one attached hydrogen (secondary N) is 4. The minimum atomic E-state index is -4.02. The van der Waals surface area contributed by atoms with Gasteiger partial charge in [-0.1, -0.05) is 48.5 Å². The highest BCUT2D eigenvalue weighted by Gasteiger charge is 2.39. The van der Waals surface area contributed by atoms with Gasteiger partial charge in [-0.3, -0.25) is 47.5 Å². The third-order valence-corrected chi connectivity index (χ3v) is 15.8. The summed E-state index contributed by atoms with van der Waals surface area (Å²) in [6.07, 6.45) is 0.315. The molecule has 4 aromatic rings. The molecule has 4 amide bonds. The first-order valence-corrected chi connectivity index (χ1v) is 26.4. The standard InChI is InChI=1S/C51H62N4O14P2/c1-9-68-70(64,38-20-13-11-14-21-38)50(62)42-32(3)30-34(5)44(36(42)7)54-48(60)46(58)52-26-18-28-66-40(56)24-17-25-41(57)67-29-19-27-53-47(59)49(61)55-45-35(6)31-33(4)43(37(45)8)51(63)71(65,69-10-2)39-22-15-12-16-23-39/h11-16,20-23,30-31H,9-10,17-19,24-29H2,1-8H3,(H,52,58)(H,53,59)(H,54,60)(H,55,61). The van der Waals surface area contributed by atoms with Crippen LogP contribution in [0.4, 0.5) is 11.4 Å². The van der Waals surface area contributed by atoms with Crippen LogP contribution < -0.4 is 31.9 Å². The second-order valence-corrected chi connectivity index (χ2v) is 21.0. The van der Waals surface area contributed by atoms with Crippen molar-refractivity contribution in [3.63, 3.8) is 0 Å². The molecule has 0 radical (unpaired) electrons. The quantitative estimate of drug-likeness (QED) is 0.0240. The van der Waals surface area contributed by atoms with E-state index < -0.39 is 61.4 Å². The third kappa shape index (κ3) is 14.7. The molecule has 71 heavy (non-hydrogen) atoms. The van der Waals surface area contributed by atoms with Crippen LogP contribution in [0.2, 0.25) is 0 Å². The van der Waals surface area contributed by atoms with Gasteiger partial charge >= 0.3 is 50.3 Å². The molecule has 4 aromatic carbocycles. The van der Waals surface area contributed by atoms with Crippen molar-refractivity contribution < 1.29 is 66.0 Å². The predicted octanol–water partition coefficient (Wildman–Crippen LogP) is 6.94. The molecular formula is C51H62N4O14P2. The van der Waals surface area contributed by atoms with Crippen LogP contribution in [0.25, 0.3) is 0 Å². The average molecular weight is 1020 g/mol. The van der Waals surface area contributed by atoms with Gasteiger partial charge in [-0.2, -0.15) is 0 Å². The Morgan fingerprint density at radius 2 is 0.831 bits per heavy atom. The highest BCUT2D eigenvalue weighted by molar-refractivity contribution is 7.84. The molecule has 0 fully saturated rings. The molecule has 0 bridgehead atoms. The molecule has 0 aliphatic heterocycles. The number of hydrogen-bond acceptors (Lipinski definition) is 14. The number of esters is 2. The molecule has 0 aliphatic rings. The van der Waals surface area contributed by atoms with Gasteiger partial charge < -0.3 is 39.8 Å². The summed E-state index contributed by atoms with van der Waals surface area (Å²) in [6.45, 7) is 13.1. The molecule has 0 heterocycles. The van der Waals surface area contributed by atoms with E-state index in [1.54, 1.807) is 128 Å². The van der Waals surface area contributed by atoms with Gasteiger partial charge in [0.25, 0.3) is 11.0 Å². The summed E-state index contributed by atoms with van der Waals surface area (Å²) in [6, 6.07) is 19.6. The Bertz CT molecular complexity index is 2560. The average Bonchev–Trinajstić information content (AvgIpc) is 3.33. The topological polar surface area (TPSA) is 256 Å². The number of ether oxygens (including phenoxy) is 2. The molecule has 20 heteroatoms. The third-order valence-electron chi connectivity index (χ3n) is 11.1. The minimum Gasteiger partial charge on any atom is -0.466 e. The molecule has 0 saturated heterocycles. The first kappa shape index (κ1) is 57.0. The monoisotopic (exact) mass is 1020 g/mol. The number of carbonyl (C=O) groups excluding carboxylic acids is 8. The van der Waals surface area contributed by atoms with Gasteiger partial charge in [-0.05, 0) is 132 Å². The first-order valence-electron chi connectivity index (χ1n) is 23.1. The molecule has 2 unspecified atom stereocenters. The maximum Gasteiger partial charge on any atom is 0.313 e. The van der Waals surface area contributed by atoms with E-state index in [9.17, 15) is 47.5 Å². The number of rotatable bonds is 24. The number of hydrogen-bond donors (Lipinski definition) is 4. The van der Waals surface area contributed by atoms with Gasteiger partial charge in [0.2, 0.25) is 0 Å². The molecule has 2 atom stereocenters. The van der Waals surface area contributed by atoms with Crippen LogP contribution in [0.5, 0.6) is 0 Å². The van der Waals surface area contributed by atoms with Crippen molar-refractivity contribution in [2.45, 2.75) is 87.5 Å². The van der Waals surface area contributed by atoms with E-state index in [-0.39, 0.29) is 105 Å². The predicted molar refractivity (Wildman–Crippen MR) is 269 cm³/mol. The van der Waals surface area contributed by atoms with Gasteiger partial charge in [0, 0.05) is 59.0 Å². The number of anilines is 2. The van der Waals surface area contributed by atoms with Crippen LogP contribution in [0, 0.1) is 41.5 Å². The molecule has 4 N–H and O–H groups in total. The maximum absolute atomic E-state index is 14.0. The second kappa shape index (κ2) is 26.6. The number of amides is 4. The molecule has 0 aromatic heterocycles. The minimum absolute atomic E-state index is 0.00772. The zero-order valence-corrected chi connectivity index (χ0v) is 43.1. The van der Waals surface area contributed by atoms with Crippen LogP contribution in [0.1, 0.15) is 100 Å². The van der Waals surface area contributed by atoms with E-state index >= 15 is 0 Å². The van der Waals surface area contributed by atoms with Crippen LogP contribution in [-0.2, 0) is 56.4 Å². The lowest BCUT2D eigenvalue weighted by molar-refractivity contribution is -0.145. The molecule has 0 spiro atoms. The fourth-order valence-corrected chi connectivity index (χ4v) is 11.9. The van der Waals surface area contributed by atoms with E-state index in [1.807, 2.05) is 0 Å². The van der Waals surface area contributed by atoms with Crippen molar-refractivity contribution in [3.8, 4) is 0 Å². The summed E-state index contributed by atoms with van der Waals surface area (Å²) < 4.78 is 49.6. The van der Waals surface area contributed by atoms with E-state index in [2.05, 4.69) is 21.3 Å². The van der Waals surface area contributed by atoms with Crippen molar-refractivity contribution in [2.75, 3.05) is 50.2 Å². The highest BCUT2D eigenvalue weighted by Crippen LogP contribution is 2.52. The molecule has 0 aliphatic carbocycles. The summed E-state index contributed by atoms with van der Waals surface area (Å²) in [5, 5.41) is 10.5. The number of benzene rings is 4. The Morgan fingerprint density at radius 3 is 1.17 bits per heavy atom. The molecular weight excluding hydrogens is 955 g/mol. The van der Waals surface area contributed by atoms with Crippen LogP contribution in [0.15, 0.2) is 72.8 Å². The first-order chi connectivity index (χ1) is 33.7. The summed E-state index contributed by atoms with van der Waals surface area (Å²) in [4.78, 5) is 103. The largest absolute Gasteiger partial charge is 0.466 e. The lowest BCUT2D eigenvalue weighted by Gasteiger charge is -2.22. The summed E-state index contributed by atoms with van der Waals surface area (Å²) in [5.41, 5.74) is 2.05. The summed E-state index contributed by atoms with van der Waals surface area (Å²) >= 11 is 0. The normalized spacial score (nSPS) is 12.6. The Kier molecular flexibility index (Phi) is 21.3. The van der Waals surface area contributed by atoms with Crippen LogP contribution >= 0.6 is 14.7 Å². The zero-order chi connectivity index (χ0) is 52.5. The smallest absolute Gasteiger partial charge is 0.313 e. The van der Waals surface area contributed by atoms with Gasteiger partial charge in [0.1, 0.15) is 0 Å². The second-order valence-electron chi connectivity index (χ2n) is 16.4. The Balaban J connectivity index is 1.13. The van der Waals surface area contributed by atoms with Crippen molar-refractivity contribution in [1.29, 1.82) is 0 Å². The summed E-state index contributed by atoms with van der Waals surface area (Å²) in [5.74, 6) is -5.11. The van der Waals surface area contributed by atoms with E-state index in [0.717, 1.165) is 0 Å². The van der Waals surface area contributed by atoms with E-state index in [4.69, 9.17) is 18.5 Å². The van der Waals surface area contributed by atoms with Gasteiger partial charge in [-0.25, -0.2) is 0 Å². The van der Waals surface area contributed by atoms with Crippen molar-refractivity contribution >= 4 is 83.3 Å². The van der Waals surface area contributed by atoms with Crippen LogP contribution in [-0.4, -0.2) is 86.1 Å². The fraction of sp³-hybridized carbons (Fsp3) is 0.373. The Labute approximate surface area is 413 Å². The number of carbonyl (C=O) groups is 8. The van der Waals surface area contributed by atoms with Crippen LogP contribution in [0.3, 0.4) is 0 Å². The molecule has 18 nitrogen and oxygen atoms in total. The lowest BCUT2D eigenvalue weighted by atomic mass is 9.98. The lowest BCUT2D eigenvalue weighted by Crippen LogP contribution is -2.36. The van der Waals surface area contributed by atoms with Gasteiger partial charge in [0.05, 0.1) is 26.4 Å². The maximum atomic E-state index is 14.0. The zero-order valence-electron chi connectivity index (χ0n) is 41.3. The van der Waals surface area contributed by atoms with E-state index in [0.29, 0.717) is 33.4 Å². The Hall–Kier alpha value is -6.58. The van der Waals surface area contributed by atoms with Crippen molar-refractivity contribution in [1.82, 2.24) is 10.6 Å². The SMILES string of the molecule is CCOP(=O)(C(=O)c1c(C)cc(C)c(NC(=O)C(=O)NCCCOC(=O)CCCC(=O)OCCCNC(=O)C(=O)Nc2c(C)cc(C)c(C(=O)P(=O)(OCC)c3ccccc3)c2C)c1C)c1ccccc1. The van der Waals surface area contributed by atoms with E-state index in [1.165, 1.54) is 0 Å². The Morgan fingerprint density at radius 1 is 0.479 bits per heavy atom. The van der Waals surface area contributed by atoms with Gasteiger partial charge in [0.15, 0.2) is 0 Å². The molecule has 0 saturated carbocycles. The van der Waals surface area contributed by atoms with Crippen molar-refractivity contribution in [3.05, 3.63) is 117 Å². The fourth-order valence-electron chi connectivity index (χ4n) is 7.76. The highest BCUT2D eigenvalue weighted by atomic mass is 31.2. The molecule has 4 rings (SSSR count). The van der Waals surface area contributed by atoms with Gasteiger partial charge in [-0.15, -0.1) is 0 Å². The summed E-state index contributed by atoms with van der Waals surface area (Å²) in [7, 11) is -8.04. The van der Waals surface area contributed by atoms with Crippen molar-refractivity contribution in [2.24, 2.45) is 0 Å². The molecule has 380 valence electrons.